The molecule has 0 bridgehead atoms. The van der Waals surface area contributed by atoms with Crippen LogP contribution < -0.4 is 5.32 Å². The highest BCUT2D eigenvalue weighted by Gasteiger charge is 2.23. The van der Waals surface area contributed by atoms with E-state index in [4.69, 9.17) is 4.74 Å². The molecular formula is C12H18N4O2. The summed E-state index contributed by atoms with van der Waals surface area (Å²) in [4.78, 5) is 21.3. The zero-order valence-electron chi connectivity index (χ0n) is 10.5. The number of nitrogens with zero attached hydrogens (tertiary/aromatic N) is 3. The van der Waals surface area contributed by atoms with Crippen LogP contribution in [0.5, 0.6) is 0 Å². The second-order valence-electron chi connectivity index (χ2n) is 4.20. The van der Waals surface area contributed by atoms with Crippen LogP contribution in [0.3, 0.4) is 0 Å². The van der Waals surface area contributed by atoms with Crippen molar-refractivity contribution in [1.29, 1.82) is 0 Å². The molecule has 6 nitrogen and oxygen atoms in total. The van der Waals surface area contributed by atoms with E-state index in [0.29, 0.717) is 12.6 Å². The highest BCUT2D eigenvalue weighted by atomic mass is 16.6. The van der Waals surface area contributed by atoms with Crippen LogP contribution in [0.1, 0.15) is 19.8 Å². The summed E-state index contributed by atoms with van der Waals surface area (Å²) in [5, 5.41) is 3.34. The summed E-state index contributed by atoms with van der Waals surface area (Å²) in [6.07, 6.45) is 4.84. The summed E-state index contributed by atoms with van der Waals surface area (Å²) in [6, 6.07) is 2.20. The van der Waals surface area contributed by atoms with Gasteiger partial charge >= 0.3 is 6.09 Å². The smallest absolute Gasteiger partial charge is 0.409 e. The van der Waals surface area contributed by atoms with Crippen molar-refractivity contribution in [1.82, 2.24) is 14.9 Å². The molecular weight excluding hydrogens is 232 g/mol. The molecule has 0 spiro atoms. The molecule has 1 saturated heterocycles. The first-order valence-corrected chi connectivity index (χ1v) is 6.24. The first kappa shape index (κ1) is 12.6. The normalized spacial score (nSPS) is 16.4. The topological polar surface area (TPSA) is 67.3 Å². The van der Waals surface area contributed by atoms with Crippen molar-refractivity contribution in [2.45, 2.75) is 25.8 Å². The number of carbonyl (C=O) groups is 1. The van der Waals surface area contributed by atoms with Gasteiger partial charge in [0.2, 0.25) is 0 Å². The van der Waals surface area contributed by atoms with Gasteiger partial charge in [-0.25, -0.2) is 14.8 Å². The van der Waals surface area contributed by atoms with E-state index in [1.807, 2.05) is 13.0 Å². The quantitative estimate of drug-likeness (QED) is 0.880. The Labute approximate surface area is 106 Å². The van der Waals surface area contributed by atoms with Crippen molar-refractivity contribution in [2.75, 3.05) is 25.0 Å². The van der Waals surface area contributed by atoms with Gasteiger partial charge in [-0.05, 0) is 25.8 Å². The number of anilines is 1. The highest BCUT2D eigenvalue weighted by Crippen LogP contribution is 2.15. The van der Waals surface area contributed by atoms with Gasteiger partial charge in [0, 0.05) is 25.3 Å². The van der Waals surface area contributed by atoms with Gasteiger partial charge in [-0.3, -0.25) is 0 Å². The van der Waals surface area contributed by atoms with Gasteiger partial charge in [-0.1, -0.05) is 0 Å². The van der Waals surface area contributed by atoms with E-state index in [1.54, 1.807) is 11.1 Å². The SMILES string of the molecule is CCOC(=O)N1CCC(Nc2ccncn2)CC1. The maximum Gasteiger partial charge on any atom is 0.409 e. The Morgan fingerprint density at radius 1 is 1.56 bits per heavy atom. The molecule has 0 radical (unpaired) electrons. The van der Waals surface area contributed by atoms with E-state index < -0.39 is 0 Å². The van der Waals surface area contributed by atoms with Crippen LogP contribution >= 0.6 is 0 Å². The molecule has 0 aliphatic carbocycles. The van der Waals surface area contributed by atoms with Gasteiger partial charge in [-0.15, -0.1) is 0 Å². The molecule has 1 aliphatic rings. The van der Waals surface area contributed by atoms with Gasteiger partial charge in [-0.2, -0.15) is 0 Å². The lowest BCUT2D eigenvalue weighted by Crippen LogP contribution is -2.42. The Morgan fingerprint density at radius 2 is 2.33 bits per heavy atom. The molecule has 18 heavy (non-hydrogen) atoms. The Hall–Kier alpha value is -1.85. The number of aromatic nitrogens is 2. The lowest BCUT2D eigenvalue weighted by molar-refractivity contribution is 0.0983. The van der Waals surface area contributed by atoms with Gasteiger partial charge in [0.1, 0.15) is 12.1 Å². The predicted octanol–water partition coefficient (Wildman–Crippen LogP) is 1.51. The van der Waals surface area contributed by atoms with Crippen LogP contribution in [0.25, 0.3) is 0 Å². The molecule has 1 aromatic heterocycles. The molecule has 1 fully saturated rings. The standard InChI is InChI=1S/C12H18N4O2/c1-2-18-12(17)16-7-4-10(5-8-16)15-11-3-6-13-9-14-11/h3,6,9-10H,2,4-5,7-8H2,1H3,(H,13,14,15). The van der Waals surface area contributed by atoms with Crippen LogP contribution in [0, 0.1) is 0 Å². The van der Waals surface area contributed by atoms with Crippen molar-refractivity contribution in [3.63, 3.8) is 0 Å². The molecule has 2 heterocycles. The van der Waals surface area contributed by atoms with Crippen LogP contribution in [-0.2, 0) is 4.74 Å². The van der Waals surface area contributed by atoms with Crippen LogP contribution in [0.2, 0.25) is 0 Å². The van der Waals surface area contributed by atoms with Crippen molar-refractivity contribution in [3.05, 3.63) is 18.6 Å². The molecule has 0 unspecified atom stereocenters. The zero-order chi connectivity index (χ0) is 12.8. The fourth-order valence-corrected chi connectivity index (χ4v) is 2.01. The maximum atomic E-state index is 11.5. The lowest BCUT2D eigenvalue weighted by Gasteiger charge is -2.31. The predicted molar refractivity (Wildman–Crippen MR) is 67.3 cm³/mol. The summed E-state index contributed by atoms with van der Waals surface area (Å²) in [5.41, 5.74) is 0. The van der Waals surface area contributed by atoms with Crippen LogP contribution in [0.15, 0.2) is 18.6 Å². The van der Waals surface area contributed by atoms with Crippen LogP contribution in [-0.4, -0.2) is 46.7 Å². The summed E-state index contributed by atoms with van der Waals surface area (Å²) in [7, 11) is 0. The number of piperidine rings is 1. The summed E-state index contributed by atoms with van der Waals surface area (Å²) in [6.45, 7) is 3.70. The number of amides is 1. The average Bonchev–Trinajstić information content (AvgIpc) is 2.41. The van der Waals surface area contributed by atoms with E-state index in [9.17, 15) is 4.79 Å². The summed E-state index contributed by atoms with van der Waals surface area (Å²) < 4.78 is 4.98. The van der Waals surface area contributed by atoms with E-state index in [1.165, 1.54) is 6.33 Å². The van der Waals surface area contributed by atoms with E-state index in [0.717, 1.165) is 31.7 Å². The van der Waals surface area contributed by atoms with Crippen molar-refractivity contribution in [2.24, 2.45) is 0 Å². The number of hydrogen-bond acceptors (Lipinski definition) is 5. The monoisotopic (exact) mass is 250 g/mol. The third-order valence-corrected chi connectivity index (χ3v) is 2.95. The van der Waals surface area contributed by atoms with E-state index >= 15 is 0 Å². The average molecular weight is 250 g/mol. The molecule has 2 rings (SSSR count). The van der Waals surface area contributed by atoms with E-state index in [2.05, 4.69) is 15.3 Å². The molecule has 98 valence electrons. The molecule has 0 atom stereocenters. The molecule has 6 heteroatoms. The molecule has 0 saturated carbocycles. The largest absolute Gasteiger partial charge is 0.450 e. The van der Waals surface area contributed by atoms with Crippen molar-refractivity contribution in [3.8, 4) is 0 Å². The van der Waals surface area contributed by atoms with Crippen molar-refractivity contribution >= 4 is 11.9 Å². The molecule has 1 amide bonds. The second kappa shape index (κ2) is 6.18. The zero-order valence-corrected chi connectivity index (χ0v) is 10.5. The third-order valence-electron chi connectivity index (χ3n) is 2.95. The molecule has 1 N–H and O–H groups in total. The fraction of sp³-hybridized carbons (Fsp3) is 0.583. The van der Waals surface area contributed by atoms with Gasteiger partial charge < -0.3 is 15.0 Å². The Balaban J connectivity index is 1.78. The van der Waals surface area contributed by atoms with Crippen molar-refractivity contribution < 1.29 is 9.53 Å². The fourth-order valence-electron chi connectivity index (χ4n) is 2.01. The van der Waals surface area contributed by atoms with Crippen LogP contribution in [0.4, 0.5) is 10.6 Å². The minimum atomic E-state index is -0.210. The summed E-state index contributed by atoms with van der Waals surface area (Å²) >= 11 is 0. The lowest BCUT2D eigenvalue weighted by atomic mass is 10.1. The minimum absolute atomic E-state index is 0.210. The number of nitrogens with one attached hydrogen (secondary N) is 1. The minimum Gasteiger partial charge on any atom is -0.450 e. The third kappa shape index (κ3) is 3.32. The molecule has 0 aromatic carbocycles. The number of ether oxygens (including phenoxy) is 1. The first-order valence-electron chi connectivity index (χ1n) is 6.24. The molecule has 1 aliphatic heterocycles. The number of hydrogen-bond donors (Lipinski definition) is 1. The molecule has 1 aromatic rings. The maximum absolute atomic E-state index is 11.5. The van der Waals surface area contributed by atoms with Gasteiger partial charge in [0.15, 0.2) is 0 Å². The highest BCUT2D eigenvalue weighted by molar-refractivity contribution is 5.67. The second-order valence-corrected chi connectivity index (χ2v) is 4.20. The Bertz CT molecular complexity index is 377. The Kier molecular flexibility index (Phi) is 4.33. The van der Waals surface area contributed by atoms with Gasteiger partial charge in [0.05, 0.1) is 6.61 Å². The number of carbonyl (C=O) groups excluding carboxylic acids is 1. The van der Waals surface area contributed by atoms with E-state index in [-0.39, 0.29) is 6.09 Å². The summed E-state index contributed by atoms with van der Waals surface area (Å²) in [5.74, 6) is 0.833. The number of likely N-dealkylation sites (tertiary alicyclic amines) is 1. The first-order chi connectivity index (χ1) is 8.79. The van der Waals surface area contributed by atoms with Gasteiger partial charge in [0.25, 0.3) is 0 Å². The Morgan fingerprint density at radius 3 is 2.94 bits per heavy atom. The number of rotatable bonds is 3.